The molecule has 0 bridgehead atoms. The number of carbonyl (C=O) groups excluding carboxylic acids is 1. The van der Waals surface area contributed by atoms with E-state index in [1.807, 2.05) is 6.07 Å². The third-order valence-electron chi connectivity index (χ3n) is 6.60. The number of pyridine rings is 1. The second-order valence-corrected chi connectivity index (χ2v) is 8.39. The minimum absolute atomic E-state index is 0.0553. The van der Waals surface area contributed by atoms with Crippen molar-refractivity contribution in [1.29, 1.82) is 0 Å². The molecule has 0 unspecified atom stereocenters. The quantitative estimate of drug-likeness (QED) is 0.713. The number of carbonyl (C=O) groups is 1. The van der Waals surface area contributed by atoms with Gasteiger partial charge in [-0.3, -0.25) is 14.9 Å². The van der Waals surface area contributed by atoms with E-state index in [0.29, 0.717) is 24.6 Å². The Morgan fingerprint density at radius 2 is 2.00 bits per heavy atom. The second-order valence-electron chi connectivity index (χ2n) is 8.39. The molecule has 1 saturated heterocycles. The number of aromatic nitrogens is 1. The van der Waals surface area contributed by atoms with E-state index in [2.05, 4.69) is 10.6 Å². The van der Waals surface area contributed by atoms with Crippen molar-refractivity contribution in [3.05, 3.63) is 58.3 Å². The minimum atomic E-state index is -0.469. The fourth-order valence-corrected chi connectivity index (χ4v) is 4.82. The summed E-state index contributed by atoms with van der Waals surface area (Å²) in [5.74, 6) is -0.247. The summed E-state index contributed by atoms with van der Waals surface area (Å²) in [5.41, 5.74) is 1.16. The van der Waals surface area contributed by atoms with Crippen LogP contribution < -0.4 is 16.2 Å². The lowest BCUT2D eigenvalue weighted by Gasteiger charge is -2.21. The van der Waals surface area contributed by atoms with Gasteiger partial charge in [0, 0.05) is 42.8 Å². The van der Waals surface area contributed by atoms with Crippen molar-refractivity contribution < 1.29 is 14.3 Å². The molecule has 7 heteroatoms. The number of aliphatic hydroxyl groups excluding tert-OH is 1. The predicted molar refractivity (Wildman–Crippen MR) is 106 cm³/mol. The zero-order chi connectivity index (χ0) is 20.1. The zero-order valence-electron chi connectivity index (χ0n) is 16.0. The van der Waals surface area contributed by atoms with E-state index in [1.165, 1.54) is 6.07 Å². The number of aliphatic hydroxyl groups is 1. The Morgan fingerprint density at radius 1 is 1.21 bits per heavy atom. The van der Waals surface area contributed by atoms with Crippen LogP contribution in [0.4, 0.5) is 4.39 Å². The van der Waals surface area contributed by atoms with Gasteiger partial charge in [-0.2, -0.15) is 0 Å². The minimum Gasteiger partial charge on any atom is -0.396 e. The third kappa shape index (κ3) is 3.09. The molecule has 6 nitrogen and oxygen atoms in total. The van der Waals surface area contributed by atoms with Crippen LogP contribution in [0.3, 0.4) is 0 Å². The largest absolute Gasteiger partial charge is 0.396 e. The van der Waals surface area contributed by atoms with Crippen molar-refractivity contribution in [1.82, 2.24) is 15.2 Å². The highest BCUT2D eigenvalue weighted by Crippen LogP contribution is 2.43. The average Bonchev–Trinajstić information content (AvgIpc) is 3.38. The Balaban J connectivity index is 1.43. The van der Waals surface area contributed by atoms with Crippen LogP contribution in [0, 0.1) is 23.6 Å². The lowest BCUT2D eigenvalue weighted by molar-refractivity contribution is -0.124. The van der Waals surface area contributed by atoms with E-state index in [4.69, 9.17) is 0 Å². The maximum atomic E-state index is 14.2. The number of nitrogens with zero attached hydrogens (tertiary/aromatic N) is 1. The second kappa shape index (κ2) is 7.07. The van der Waals surface area contributed by atoms with Gasteiger partial charge in [0.25, 0.3) is 5.56 Å². The Hall–Kier alpha value is -2.51. The van der Waals surface area contributed by atoms with Gasteiger partial charge in [0.15, 0.2) is 0 Å². The number of hydrogen-bond acceptors (Lipinski definition) is 4. The van der Waals surface area contributed by atoms with Gasteiger partial charge in [0.1, 0.15) is 5.82 Å². The molecule has 1 aliphatic carbocycles. The summed E-state index contributed by atoms with van der Waals surface area (Å²) in [5, 5.41) is 16.3. The lowest BCUT2D eigenvalue weighted by Crippen LogP contribution is -2.46. The van der Waals surface area contributed by atoms with E-state index >= 15 is 0 Å². The van der Waals surface area contributed by atoms with E-state index in [9.17, 15) is 19.1 Å². The van der Waals surface area contributed by atoms with Crippen molar-refractivity contribution in [2.75, 3.05) is 13.2 Å². The van der Waals surface area contributed by atoms with Gasteiger partial charge in [0.05, 0.1) is 17.6 Å². The molecule has 0 spiro atoms. The summed E-state index contributed by atoms with van der Waals surface area (Å²) in [4.78, 5) is 25.7. The van der Waals surface area contributed by atoms with E-state index in [1.54, 1.807) is 28.8 Å². The molecule has 1 amide bonds. The molecular weight excluding hydrogens is 373 g/mol. The van der Waals surface area contributed by atoms with Crippen LogP contribution in [0.15, 0.2) is 41.2 Å². The smallest absolute Gasteiger partial charge is 0.258 e. The maximum Gasteiger partial charge on any atom is 0.258 e. The van der Waals surface area contributed by atoms with Gasteiger partial charge in [-0.25, -0.2) is 4.39 Å². The fourth-order valence-electron chi connectivity index (χ4n) is 4.82. The molecule has 1 aromatic heterocycles. The number of amides is 1. The standard InChI is InChI=1S/C22H24FN3O3/c23-17-4-2-1-3-13(17)14-7-8-18-19-15(10-26(18)22(14)29)16(11-27)20(25-19)21(28)24-9-12-5-6-12/h1-4,7-8,12,15-16,19-20,25,27H,5-6,9-11H2,(H,24,28)/t15-,16-,19+,20-/m0/s1. The maximum absolute atomic E-state index is 14.2. The van der Waals surface area contributed by atoms with Crippen LogP contribution >= 0.6 is 0 Å². The van der Waals surface area contributed by atoms with E-state index in [0.717, 1.165) is 18.5 Å². The number of halogens is 1. The topological polar surface area (TPSA) is 83.4 Å². The highest BCUT2D eigenvalue weighted by atomic mass is 19.1. The van der Waals surface area contributed by atoms with Gasteiger partial charge in [0.2, 0.25) is 5.91 Å². The summed E-state index contributed by atoms with van der Waals surface area (Å²) in [6.07, 6.45) is 2.32. The van der Waals surface area contributed by atoms with Gasteiger partial charge in [-0.05, 0) is 37.0 Å². The van der Waals surface area contributed by atoms with Crippen LogP contribution in [0.5, 0.6) is 0 Å². The van der Waals surface area contributed by atoms with E-state index < -0.39 is 11.9 Å². The van der Waals surface area contributed by atoms with Crippen molar-refractivity contribution in [2.24, 2.45) is 17.8 Å². The summed E-state index contributed by atoms with van der Waals surface area (Å²) in [7, 11) is 0. The first-order valence-electron chi connectivity index (χ1n) is 10.2. The van der Waals surface area contributed by atoms with Crippen molar-refractivity contribution in [3.8, 4) is 11.1 Å². The number of hydrogen-bond donors (Lipinski definition) is 3. The molecule has 3 N–H and O–H groups in total. The van der Waals surface area contributed by atoms with Crippen LogP contribution in [0.1, 0.15) is 24.6 Å². The van der Waals surface area contributed by atoms with Crippen molar-refractivity contribution >= 4 is 5.91 Å². The molecule has 0 radical (unpaired) electrons. The van der Waals surface area contributed by atoms with Crippen LogP contribution in [-0.4, -0.2) is 34.8 Å². The Labute approximate surface area is 167 Å². The van der Waals surface area contributed by atoms with Crippen LogP contribution in [0.25, 0.3) is 11.1 Å². The predicted octanol–water partition coefficient (Wildman–Crippen LogP) is 1.43. The summed E-state index contributed by atoms with van der Waals surface area (Å²) in [6.45, 7) is 0.969. The summed E-state index contributed by atoms with van der Waals surface area (Å²) in [6, 6.07) is 9.09. The van der Waals surface area contributed by atoms with Gasteiger partial charge >= 0.3 is 0 Å². The number of benzene rings is 1. The average molecular weight is 397 g/mol. The van der Waals surface area contributed by atoms with Gasteiger partial charge in [-0.1, -0.05) is 18.2 Å². The molecular formula is C22H24FN3O3. The number of nitrogens with one attached hydrogen (secondary N) is 2. The molecule has 2 aliphatic heterocycles. The normalized spacial score (nSPS) is 27.5. The molecule has 1 saturated carbocycles. The van der Waals surface area contributed by atoms with Crippen molar-refractivity contribution in [2.45, 2.75) is 31.5 Å². The lowest BCUT2D eigenvalue weighted by atomic mass is 9.88. The number of fused-ring (bicyclic) bond motifs is 3. The van der Waals surface area contributed by atoms with Crippen LogP contribution in [-0.2, 0) is 11.3 Å². The molecule has 2 fully saturated rings. The highest BCUT2D eigenvalue weighted by molar-refractivity contribution is 5.82. The van der Waals surface area contributed by atoms with Crippen LogP contribution in [0.2, 0.25) is 0 Å². The molecule has 2 aromatic rings. The fraction of sp³-hybridized carbons (Fsp3) is 0.455. The molecule has 3 aliphatic rings. The first kappa shape index (κ1) is 18.5. The monoisotopic (exact) mass is 397 g/mol. The Bertz CT molecular complexity index is 1020. The first-order chi connectivity index (χ1) is 14.1. The van der Waals surface area contributed by atoms with Crippen molar-refractivity contribution in [3.63, 3.8) is 0 Å². The third-order valence-corrected chi connectivity index (χ3v) is 6.60. The molecule has 29 heavy (non-hydrogen) atoms. The Kier molecular flexibility index (Phi) is 4.52. The van der Waals surface area contributed by atoms with Gasteiger partial charge in [-0.15, -0.1) is 0 Å². The SMILES string of the molecule is O=C(NCC1CC1)[C@H]1N[C@H]2c3ccc(-c4ccccc4F)c(=O)n3C[C@H]2[C@@H]1CO. The molecule has 3 heterocycles. The highest BCUT2D eigenvalue weighted by Gasteiger charge is 2.50. The van der Waals surface area contributed by atoms with Gasteiger partial charge < -0.3 is 15.0 Å². The first-order valence-corrected chi connectivity index (χ1v) is 10.2. The summed E-state index contributed by atoms with van der Waals surface area (Å²) >= 11 is 0. The summed E-state index contributed by atoms with van der Waals surface area (Å²) < 4.78 is 15.8. The molecule has 4 atom stereocenters. The van der Waals surface area contributed by atoms with E-state index in [-0.39, 0.29) is 41.5 Å². The number of rotatable bonds is 5. The Morgan fingerprint density at radius 3 is 2.72 bits per heavy atom. The zero-order valence-corrected chi connectivity index (χ0v) is 16.0. The molecule has 1 aromatic carbocycles. The molecule has 5 rings (SSSR count). The molecule has 152 valence electrons.